The van der Waals surface area contributed by atoms with Crippen LogP contribution < -0.4 is 5.73 Å². The molecule has 0 aromatic heterocycles. The summed E-state index contributed by atoms with van der Waals surface area (Å²) in [6, 6.07) is 8.68. The van der Waals surface area contributed by atoms with E-state index in [1.54, 1.807) is 24.3 Å². The third-order valence-electron chi connectivity index (χ3n) is 2.12. The number of rotatable bonds is 1. The van der Waals surface area contributed by atoms with E-state index in [0.717, 1.165) is 15.2 Å². The van der Waals surface area contributed by atoms with Crippen molar-refractivity contribution in [1.82, 2.24) is 0 Å². The maximum absolute atomic E-state index is 10.9. The van der Waals surface area contributed by atoms with Gasteiger partial charge in [0.1, 0.15) is 0 Å². The van der Waals surface area contributed by atoms with E-state index in [1.165, 1.54) is 0 Å². The van der Waals surface area contributed by atoms with Crippen LogP contribution in [0, 0.1) is 0 Å². The minimum absolute atomic E-state index is 0.375. The molecule has 3 N–H and O–H groups in total. The number of nitrogen functional groups attached to an aromatic ring is 1. The van der Waals surface area contributed by atoms with E-state index in [1.807, 2.05) is 6.07 Å². The van der Waals surface area contributed by atoms with E-state index in [4.69, 9.17) is 10.3 Å². The number of halogens is 1. The number of anilines is 1. The average Bonchev–Trinajstić information content (AvgIpc) is 2.16. The van der Waals surface area contributed by atoms with E-state index in [9.17, 15) is 4.21 Å². The molecular weight excluding hydrogens is 278 g/mol. The third kappa shape index (κ3) is 2.04. The Bertz CT molecular complexity index is 556. The van der Waals surface area contributed by atoms with E-state index >= 15 is 0 Å². The highest BCUT2D eigenvalue weighted by molar-refractivity contribution is 9.10. The number of fused-ring (bicyclic) bond motifs is 1. The van der Waals surface area contributed by atoms with Crippen molar-refractivity contribution in [1.29, 1.82) is 0 Å². The average molecular weight is 286 g/mol. The van der Waals surface area contributed by atoms with Crippen LogP contribution >= 0.6 is 15.9 Å². The zero-order chi connectivity index (χ0) is 11.0. The lowest BCUT2D eigenvalue weighted by Crippen LogP contribution is -1.91. The van der Waals surface area contributed by atoms with Crippen molar-refractivity contribution in [2.75, 3.05) is 5.73 Å². The van der Waals surface area contributed by atoms with Gasteiger partial charge in [0.05, 0.1) is 4.90 Å². The van der Waals surface area contributed by atoms with Crippen molar-refractivity contribution in [2.24, 2.45) is 0 Å². The summed E-state index contributed by atoms with van der Waals surface area (Å²) in [6.07, 6.45) is 0. The fourth-order valence-electron chi connectivity index (χ4n) is 1.45. The van der Waals surface area contributed by atoms with E-state index < -0.39 is 11.1 Å². The Kier molecular flexibility index (Phi) is 2.77. The van der Waals surface area contributed by atoms with Crippen molar-refractivity contribution in [3.8, 4) is 0 Å². The van der Waals surface area contributed by atoms with Gasteiger partial charge in [-0.1, -0.05) is 22.0 Å². The first-order valence-corrected chi connectivity index (χ1v) is 6.07. The maximum atomic E-state index is 10.9. The lowest BCUT2D eigenvalue weighted by atomic mass is 10.1. The van der Waals surface area contributed by atoms with Crippen molar-refractivity contribution in [3.63, 3.8) is 0 Å². The summed E-state index contributed by atoms with van der Waals surface area (Å²) < 4.78 is 20.7. The molecule has 0 aliphatic heterocycles. The van der Waals surface area contributed by atoms with Gasteiger partial charge in [-0.25, -0.2) is 4.21 Å². The smallest absolute Gasteiger partial charge is 0.186 e. The Morgan fingerprint density at radius 3 is 2.67 bits per heavy atom. The van der Waals surface area contributed by atoms with Crippen molar-refractivity contribution < 1.29 is 8.76 Å². The summed E-state index contributed by atoms with van der Waals surface area (Å²) in [7, 11) is 0. The minimum Gasteiger partial charge on any atom is -0.398 e. The Labute approximate surface area is 97.7 Å². The summed E-state index contributed by atoms with van der Waals surface area (Å²) in [5.41, 5.74) is 6.46. The lowest BCUT2D eigenvalue weighted by molar-refractivity contribution is 0.564. The standard InChI is InChI=1S/C10H8BrNO2S/c11-7-3-6-4-8(15(13)14)1-2-9(6)10(12)5-7/h1-5H,12H2,(H,13,14). The molecule has 2 rings (SSSR count). The lowest BCUT2D eigenvalue weighted by Gasteiger charge is -2.04. The van der Waals surface area contributed by atoms with Crippen LogP contribution in [0.5, 0.6) is 0 Å². The molecule has 2 aromatic carbocycles. The zero-order valence-electron chi connectivity index (χ0n) is 7.61. The van der Waals surface area contributed by atoms with E-state index in [0.29, 0.717) is 10.6 Å². The molecule has 78 valence electrons. The first-order chi connectivity index (χ1) is 7.08. The second-order valence-electron chi connectivity index (χ2n) is 3.13. The molecule has 0 radical (unpaired) electrons. The Morgan fingerprint density at radius 1 is 1.27 bits per heavy atom. The zero-order valence-corrected chi connectivity index (χ0v) is 10.0. The summed E-state index contributed by atoms with van der Waals surface area (Å²) in [6.45, 7) is 0. The van der Waals surface area contributed by atoms with Crippen LogP contribution in [-0.4, -0.2) is 8.76 Å². The number of hydrogen-bond acceptors (Lipinski definition) is 2. The molecule has 0 amide bonds. The summed E-state index contributed by atoms with van der Waals surface area (Å²) in [5, 5.41) is 1.73. The molecule has 0 aliphatic rings. The van der Waals surface area contributed by atoms with Crippen molar-refractivity contribution >= 4 is 43.5 Å². The fraction of sp³-hybridized carbons (Fsp3) is 0. The second kappa shape index (κ2) is 3.92. The van der Waals surface area contributed by atoms with Crippen LogP contribution in [0.25, 0.3) is 10.8 Å². The fourth-order valence-corrected chi connectivity index (χ4v) is 2.35. The van der Waals surface area contributed by atoms with Gasteiger partial charge in [0.15, 0.2) is 11.1 Å². The van der Waals surface area contributed by atoms with Gasteiger partial charge in [0, 0.05) is 15.5 Å². The molecule has 5 heteroatoms. The molecule has 1 unspecified atom stereocenters. The molecule has 0 saturated heterocycles. The van der Waals surface area contributed by atoms with Gasteiger partial charge < -0.3 is 10.3 Å². The van der Waals surface area contributed by atoms with Crippen molar-refractivity contribution in [2.45, 2.75) is 4.90 Å². The minimum atomic E-state index is -1.95. The summed E-state index contributed by atoms with van der Waals surface area (Å²) in [5.74, 6) is 0. The van der Waals surface area contributed by atoms with E-state index in [-0.39, 0.29) is 0 Å². The largest absolute Gasteiger partial charge is 0.398 e. The maximum Gasteiger partial charge on any atom is 0.186 e. The molecule has 0 heterocycles. The van der Waals surface area contributed by atoms with Crippen LogP contribution in [0.1, 0.15) is 0 Å². The normalized spacial score (nSPS) is 12.9. The van der Waals surface area contributed by atoms with Gasteiger partial charge in [-0.05, 0) is 29.7 Å². The number of benzene rings is 2. The SMILES string of the molecule is Nc1cc(Br)cc2cc(S(=O)O)ccc12. The van der Waals surface area contributed by atoms with Crippen LogP contribution in [-0.2, 0) is 11.1 Å². The predicted molar refractivity (Wildman–Crippen MR) is 65.1 cm³/mol. The Morgan fingerprint density at radius 2 is 2.00 bits per heavy atom. The first-order valence-electron chi connectivity index (χ1n) is 4.17. The van der Waals surface area contributed by atoms with Gasteiger partial charge in [-0.15, -0.1) is 0 Å². The first kappa shape index (κ1) is 10.6. The Balaban J connectivity index is 2.76. The molecule has 0 fully saturated rings. The molecule has 3 nitrogen and oxygen atoms in total. The molecule has 0 saturated carbocycles. The van der Waals surface area contributed by atoms with Crippen LogP contribution in [0.15, 0.2) is 39.7 Å². The molecule has 15 heavy (non-hydrogen) atoms. The number of hydrogen-bond donors (Lipinski definition) is 2. The highest BCUT2D eigenvalue weighted by Gasteiger charge is 2.04. The quantitative estimate of drug-likeness (QED) is 0.626. The van der Waals surface area contributed by atoms with Gasteiger partial charge >= 0.3 is 0 Å². The molecule has 1 atom stereocenters. The molecular formula is C10H8BrNO2S. The van der Waals surface area contributed by atoms with E-state index in [2.05, 4.69) is 15.9 Å². The molecule has 0 aliphatic carbocycles. The molecule has 2 aromatic rings. The highest BCUT2D eigenvalue weighted by Crippen LogP contribution is 2.27. The predicted octanol–water partition coefficient (Wildman–Crippen LogP) is 2.77. The molecule has 0 spiro atoms. The highest BCUT2D eigenvalue weighted by atomic mass is 79.9. The van der Waals surface area contributed by atoms with Crippen LogP contribution in [0.3, 0.4) is 0 Å². The van der Waals surface area contributed by atoms with Gasteiger partial charge in [0.2, 0.25) is 0 Å². The topological polar surface area (TPSA) is 63.3 Å². The van der Waals surface area contributed by atoms with Gasteiger partial charge in [-0.2, -0.15) is 0 Å². The summed E-state index contributed by atoms with van der Waals surface area (Å²) >= 11 is 1.37. The summed E-state index contributed by atoms with van der Waals surface area (Å²) in [4.78, 5) is 0.375. The van der Waals surface area contributed by atoms with Crippen molar-refractivity contribution in [3.05, 3.63) is 34.8 Å². The molecule has 0 bridgehead atoms. The van der Waals surface area contributed by atoms with Gasteiger partial charge in [-0.3, -0.25) is 0 Å². The second-order valence-corrected chi connectivity index (χ2v) is 5.01. The monoisotopic (exact) mass is 285 g/mol. The van der Waals surface area contributed by atoms with Crippen LogP contribution in [0.2, 0.25) is 0 Å². The third-order valence-corrected chi connectivity index (χ3v) is 3.24. The van der Waals surface area contributed by atoms with Gasteiger partial charge in [0.25, 0.3) is 0 Å². The Hall–Kier alpha value is -0.910. The van der Waals surface area contributed by atoms with Crippen LogP contribution in [0.4, 0.5) is 5.69 Å². The number of nitrogens with two attached hydrogens (primary N) is 1.